The molecule has 1 aromatic rings. The average molecular weight is 218 g/mol. The molecule has 0 aliphatic carbocycles. The van der Waals surface area contributed by atoms with E-state index in [9.17, 15) is 0 Å². The topological polar surface area (TPSA) is 52.0 Å². The molecule has 0 aliphatic heterocycles. The smallest absolute Gasteiger partial charge is 0.0671 e. The molecule has 0 bridgehead atoms. The van der Waals surface area contributed by atoms with E-state index in [1.54, 1.807) is 6.20 Å². The van der Waals surface area contributed by atoms with E-state index in [2.05, 4.69) is 28.2 Å². The van der Waals surface area contributed by atoms with Gasteiger partial charge in [-0.1, -0.05) is 0 Å². The first-order chi connectivity index (χ1) is 7.71. The number of hydrogen-bond donors (Lipinski definition) is 1. The first kappa shape index (κ1) is 12.3. The Hall–Kier alpha value is -1.76. The maximum absolute atomic E-state index is 8.82. The number of aromatic nitrogens is 1. The molecular formula is C12H18N4. The Balaban J connectivity index is 2.82. The zero-order valence-corrected chi connectivity index (χ0v) is 10.1. The van der Waals surface area contributed by atoms with Crippen LogP contribution >= 0.6 is 0 Å². The van der Waals surface area contributed by atoms with Crippen LogP contribution in [0.1, 0.15) is 13.8 Å². The number of hydrogen-bond acceptors (Lipinski definition) is 4. The van der Waals surface area contributed by atoms with Gasteiger partial charge in [0.25, 0.3) is 0 Å². The van der Waals surface area contributed by atoms with Gasteiger partial charge in [0.1, 0.15) is 0 Å². The fourth-order valence-corrected chi connectivity index (χ4v) is 1.53. The van der Waals surface area contributed by atoms with Crippen LogP contribution in [0, 0.1) is 17.2 Å². The molecule has 0 radical (unpaired) electrons. The Morgan fingerprint density at radius 1 is 1.56 bits per heavy atom. The number of nitriles is 1. The maximum Gasteiger partial charge on any atom is 0.0671 e. The highest BCUT2D eigenvalue weighted by atomic mass is 15.1. The largest absolute Gasteiger partial charge is 0.387 e. The van der Waals surface area contributed by atoms with Gasteiger partial charge >= 0.3 is 0 Å². The summed E-state index contributed by atoms with van der Waals surface area (Å²) < 4.78 is 0. The van der Waals surface area contributed by atoms with Crippen molar-refractivity contribution in [2.24, 2.45) is 5.92 Å². The molecule has 86 valence electrons. The minimum Gasteiger partial charge on any atom is -0.387 e. The van der Waals surface area contributed by atoms with Crippen LogP contribution in [0.25, 0.3) is 0 Å². The third kappa shape index (κ3) is 3.13. The Labute approximate surface area is 96.9 Å². The van der Waals surface area contributed by atoms with Crippen molar-refractivity contribution in [2.45, 2.75) is 13.8 Å². The standard InChI is InChI=1S/C12H18N4/c1-4-16(9-10(2)6-13)12-5-11(14-3)7-15-8-12/h5,7-8,10,14H,4,9H2,1-3H3. The molecule has 1 atom stereocenters. The zero-order valence-electron chi connectivity index (χ0n) is 10.1. The lowest BCUT2D eigenvalue weighted by molar-refractivity contribution is 0.685. The normalized spacial score (nSPS) is 11.6. The summed E-state index contributed by atoms with van der Waals surface area (Å²) in [7, 11) is 1.87. The predicted molar refractivity (Wildman–Crippen MR) is 66.4 cm³/mol. The molecule has 0 aromatic carbocycles. The minimum atomic E-state index is 0.0261. The van der Waals surface area contributed by atoms with Crippen molar-refractivity contribution in [1.82, 2.24) is 4.98 Å². The van der Waals surface area contributed by atoms with Crippen LogP contribution in [0.3, 0.4) is 0 Å². The van der Waals surface area contributed by atoms with Gasteiger partial charge in [0.05, 0.1) is 35.8 Å². The summed E-state index contributed by atoms with van der Waals surface area (Å²) in [6.07, 6.45) is 3.61. The summed E-state index contributed by atoms with van der Waals surface area (Å²) in [5.74, 6) is 0.0261. The van der Waals surface area contributed by atoms with Crippen LogP contribution in [0.2, 0.25) is 0 Å². The van der Waals surface area contributed by atoms with E-state index in [-0.39, 0.29) is 5.92 Å². The van der Waals surface area contributed by atoms with Crippen LogP contribution in [-0.2, 0) is 0 Å². The van der Waals surface area contributed by atoms with Gasteiger partial charge in [0, 0.05) is 20.1 Å². The van der Waals surface area contributed by atoms with Crippen molar-refractivity contribution in [3.63, 3.8) is 0 Å². The molecule has 0 spiro atoms. The molecular weight excluding hydrogens is 200 g/mol. The molecule has 16 heavy (non-hydrogen) atoms. The third-order valence-electron chi connectivity index (χ3n) is 2.47. The van der Waals surface area contributed by atoms with Gasteiger partial charge in [0.2, 0.25) is 0 Å². The Morgan fingerprint density at radius 3 is 2.88 bits per heavy atom. The molecule has 4 nitrogen and oxygen atoms in total. The van der Waals surface area contributed by atoms with Crippen molar-refractivity contribution in [3.8, 4) is 6.07 Å². The van der Waals surface area contributed by atoms with Crippen molar-refractivity contribution in [2.75, 3.05) is 30.4 Å². The van der Waals surface area contributed by atoms with E-state index in [0.29, 0.717) is 0 Å². The predicted octanol–water partition coefficient (Wildman–Crippen LogP) is 2.11. The highest BCUT2D eigenvalue weighted by molar-refractivity contribution is 5.55. The zero-order chi connectivity index (χ0) is 12.0. The van der Waals surface area contributed by atoms with Crippen molar-refractivity contribution in [1.29, 1.82) is 5.26 Å². The second-order valence-electron chi connectivity index (χ2n) is 3.75. The second kappa shape index (κ2) is 5.96. The summed E-state index contributed by atoms with van der Waals surface area (Å²) in [5, 5.41) is 11.9. The molecule has 0 saturated heterocycles. The SMILES string of the molecule is CCN(CC(C)C#N)c1cncc(NC)c1. The molecule has 4 heteroatoms. The minimum absolute atomic E-state index is 0.0261. The van der Waals surface area contributed by atoms with Gasteiger partial charge in [-0.3, -0.25) is 4.98 Å². The van der Waals surface area contributed by atoms with Gasteiger partial charge in [-0.15, -0.1) is 0 Å². The summed E-state index contributed by atoms with van der Waals surface area (Å²) in [5.41, 5.74) is 2.04. The molecule has 1 N–H and O–H groups in total. The molecule has 0 aliphatic rings. The lowest BCUT2D eigenvalue weighted by atomic mass is 10.2. The monoisotopic (exact) mass is 218 g/mol. The Morgan fingerprint density at radius 2 is 2.31 bits per heavy atom. The number of anilines is 2. The molecule has 1 unspecified atom stereocenters. The van der Waals surface area contributed by atoms with Crippen molar-refractivity contribution >= 4 is 11.4 Å². The average Bonchev–Trinajstić information content (AvgIpc) is 2.35. The van der Waals surface area contributed by atoms with Gasteiger partial charge in [-0.05, 0) is 19.9 Å². The van der Waals surface area contributed by atoms with Gasteiger partial charge in [0.15, 0.2) is 0 Å². The van der Waals surface area contributed by atoms with E-state index in [1.165, 1.54) is 0 Å². The molecule has 1 aromatic heterocycles. The lowest BCUT2D eigenvalue weighted by Crippen LogP contribution is -2.27. The molecule has 1 rings (SSSR count). The Kier molecular flexibility index (Phi) is 4.59. The van der Waals surface area contributed by atoms with Crippen molar-refractivity contribution in [3.05, 3.63) is 18.5 Å². The molecule has 0 amide bonds. The third-order valence-corrected chi connectivity index (χ3v) is 2.47. The second-order valence-corrected chi connectivity index (χ2v) is 3.75. The molecule has 0 saturated carbocycles. The fourth-order valence-electron chi connectivity index (χ4n) is 1.53. The number of nitrogens with zero attached hydrogens (tertiary/aromatic N) is 3. The first-order valence-electron chi connectivity index (χ1n) is 5.48. The van der Waals surface area contributed by atoms with E-state index in [4.69, 9.17) is 5.26 Å². The Bertz CT molecular complexity index is 370. The quantitative estimate of drug-likeness (QED) is 0.822. The summed E-state index contributed by atoms with van der Waals surface area (Å²) in [4.78, 5) is 6.32. The fraction of sp³-hybridized carbons (Fsp3) is 0.500. The maximum atomic E-state index is 8.82. The summed E-state index contributed by atoms with van der Waals surface area (Å²) in [6.45, 7) is 5.62. The summed E-state index contributed by atoms with van der Waals surface area (Å²) >= 11 is 0. The number of rotatable bonds is 5. The first-order valence-corrected chi connectivity index (χ1v) is 5.48. The van der Waals surface area contributed by atoms with Gasteiger partial charge in [-0.2, -0.15) is 5.26 Å². The van der Waals surface area contributed by atoms with Crippen LogP contribution in [0.15, 0.2) is 18.5 Å². The highest BCUT2D eigenvalue weighted by Crippen LogP contribution is 2.18. The summed E-state index contributed by atoms with van der Waals surface area (Å²) in [6, 6.07) is 4.29. The van der Waals surface area contributed by atoms with Crippen molar-refractivity contribution < 1.29 is 0 Å². The van der Waals surface area contributed by atoms with E-state index < -0.39 is 0 Å². The molecule has 1 heterocycles. The highest BCUT2D eigenvalue weighted by Gasteiger charge is 2.09. The van der Waals surface area contributed by atoms with Crippen LogP contribution in [0.5, 0.6) is 0 Å². The van der Waals surface area contributed by atoms with E-state index in [1.807, 2.05) is 26.2 Å². The van der Waals surface area contributed by atoms with Crippen LogP contribution in [-0.4, -0.2) is 25.1 Å². The van der Waals surface area contributed by atoms with E-state index in [0.717, 1.165) is 24.5 Å². The molecule has 0 fully saturated rings. The van der Waals surface area contributed by atoms with Crippen LogP contribution < -0.4 is 10.2 Å². The van der Waals surface area contributed by atoms with Crippen LogP contribution in [0.4, 0.5) is 11.4 Å². The van der Waals surface area contributed by atoms with Gasteiger partial charge in [-0.25, -0.2) is 0 Å². The van der Waals surface area contributed by atoms with Gasteiger partial charge < -0.3 is 10.2 Å². The lowest BCUT2D eigenvalue weighted by Gasteiger charge is -2.24. The number of pyridine rings is 1. The van der Waals surface area contributed by atoms with E-state index >= 15 is 0 Å². The number of nitrogens with one attached hydrogen (secondary N) is 1.